The SMILES string of the molecule is CCOC(=O)C1OC1(C)c1c(C)[nH]c2ccccc12. The number of aromatic nitrogens is 1. The first-order valence-corrected chi connectivity index (χ1v) is 6.50. The van der Waals surface area contributed by atoms with Crippen LogP contribution in [0.15, 0.2) is 24.3 Å². The van der Waals surface area contributed by atoms with Gasteiger partial charge in [0.25, 0.3) is 0 Å². The van der Waals surface area contributed by atoms with Gasteiger partial charge in [-0.25, -0.2) is 4.79 Å². The summed E-state index contributed by atoms with van der Waals surface area (Å²) in [7, 11) is 0. The molecule has 1 aromatic heterocycles. The highest BCUT2D eigenvalue weighted by Crippen LogP contribution is 2.50. The summed E-state index contributed by atoms with van der Waals surface area (Å²) in [5.41, 5.74) is 2.58. The third-order valence-electron chi connectivity index (χ3n) is 3.70. The third-order valence-corrected chi connectivity index (χ3v) is 3.70. The first kappa shape index (κ1) is 12.2. The molecule has 2 unspecified atom stereocenters. The molecule has 1 aliphatic heterocycles. The van der Waals surface area contributed by atoms with Crippen molar-refractivity contribution in [3.05, 3.63) is 35.5 Å². The summed E-state index contributed by atoms with van der Waals surface area (Å²) in [6, 6.07) is 8.05. The van der Waals surface area contributed by atoms with Gasteiger partial charge in [0.2, 0.25) is 0 Å². The Morgan fingerprint density at radius 2 is 2.21 bits per heavy atom. The second-order valence-corrected chi connectivity index (χ2v) is 5.03. The normalized spacial score (nSPS) is 25.5. The largest absolute Gasteiger partial charge is 0.464 e. The lowest BCUT2D eigenvalue weighted by atomic mass is 9.94. The summed E-state index contributed by atoms with van der Waals surface area (Å²) in [5, 5.41) is 1.11. The van der Waals surface area contributed by atoms with Crippen LogP contribution in [-0.2, 0) is 19.9 Å². The van der Waals surface area contributed by atoms with E-state index in [4.69, 9.17) is 9.47 Å². The average Bonchev–Trinajstić information content (AvgIpc) is 2.93. The number of H-pyrrole nitrogens is 1. The van der Waals surface area contributed by atoms with E-state index in [0.717, 1.165) is 22.2 Å². The van der Waals surface area contributed by atoms with Gasteiger partial charge in [0.15, 0.2) is 6.10 Å². The molecular weight excluding hydrogens is 242 g/mol. The van der Waals surface area contributed by atoms with E-state index in [-0.39, 0.29) is 5.97 Å². The van der Waals surface area contributed by atoms with E-state index in [1.54, 1.807) is 6.92 Å². The summed E-state index contributed by atoms with van der Waals surface area (Å²) in [6.07, 6.45) is -0.495. The summed E-state index contributed by atoms with van der Waals surface area (Å²) >= 11 is 0. The number of nitrogens with one attached hydrogen (secondary N) is 1. The van der Waals surface area contributed by atoms with Crippen LogP contribution in [0.25, 0.3) is 10.9 Å². The van der Waals surface area contributed by atoms with Gasteiger partial charge in [0.05, 0.1) is 6.61 Å². The quantitative estimate of drug-likeness (QED) is 0.681. The van der Waals surface area contributed by atoms with Crippen molar-refractivity contribution in [2.24, 2.45) is 0 Å². The monoisotopic (exact) mass is 259 g/mol. The molecule has 2 aromatic rings. The molecule has 1 N–H and O–H groups in total. The Morgan fingerprint density at radius 3 is 2.95 bits per heavy atom. The fraction of sp³-hybridized carbons (Fsp3) is 0.400. The fourth-order valence-electron chi connectivity index (χ4n) is 2.81. The van der Waals surface area contributed by atoms with Gasteiger partial charge in [-0.15, -0.1) is 0 Å². The van der Waals surface area contributed by atoms with Gasteiger partial charge in [-0.1, -0.05) is 18.2 Å². The van der Waals surface area contributed by atoms with Crippen LogP contribution in [0.5, 0.6) is 0 Å². The predicted octanol–water partition coefficient (Wildman–Crippen LogP) is 2.65. The van der Waals surface area contributed by atoms with Gasteiger partial charge >= 0.3 is 5.97 Å². The lowest BCUT2D eigenvalue weighted by Crippen LogP contribution is -2.19. The van der Waals surface area contributed by atoms with Crippen molar-refractivity contribution in [3.8, 4) is 0 Å². The molecule has 3 rings (SSSR count). The molecule has 0 saturated carbocycles. The van der Waals surface area contributed by atoms with E-state index in [9.17, 15) is 4.79 Å². The van der Waals surface area contributed by atoms with Crippen molar-refractivity contribution in [2.75, 3.05) is 6.61 Å². The molecule has 0 spiro atoms. The fourth-order valence-corrected chi connectivity index (χ4v) is 2.81. The van der Waals surface area contributed by atoms with Crippen molar-refractivity contribution >= 4 is 16.9 Å². The number of epoxide rings is 1. The van der Waals surface area contributed by atoms with Gasteiger partial charge in [0, 0.05) is 22.2 Å². The number of fused-ring (bicyclic) bond motifs is 1. The molecule has 19 heavy (non-hydrogen) atoms. The van der Waals surface area contributed by atoms with Crippen LogP contribution in [-0.4, -0.2) is 23.7 Å². The van der Waals surface area contributed by atoms with Crippen LogP contribution in [0, 0.1) is 6.92 Å². The summed E-state index contributed by atoms with van der Waals surface area (Å²) in [6.45, 7) is 6.12. The smallest absolute Gasteiger partial charge is 0.338 e. The summed E-state index contributed by atoms with van der Waals surface area (Å²) < 4.78 is 10.7. The maximum Gasteiger partial charge on any atom is 0.338 e. The molecular formula is C15H17NO3. The molecule has 0 radical (unpaired) electrons. The van der Waals surface area contributed by atoms with Crippen molar-refractivity contribution < 1.29 is 14.3 Å². The number of esters is 1. The van der Waals surface area contributed by atoms with Gasteiger partial charge in [0.1, 0.15) is 5.60 Å². The van der Waals surface area contributed by atoms with Crippen molar-refractivity contribution in [1.82, 2.24) is 4.98 Å². The maximum absolute atomic E-state index is 11.8. The highest BCUT2D eigenvalue weighted by Gasteiger charge is 2.60. The Kier molecular flexibility index (Phi) is 2.64. The topological polar surface area (TPSA) is 54.6 Å². The van der Waals surface area contributed by atoms with Crippen LogP contribution in [0.4, 0.5) is 0 Å². The van der Waals surface area contributed by atoms with Crippen molar-refractivity contribution in [1.29, 1.82) is 0 Å². The molecule has 4 nitrogen and oxygen atoms in total. The first-order valence-electron chi connectivity index (χ1n) is 6.50. The second-order valence-electron chi connectivity index (χ2n) is 5.03. The zero-order valence-corrected chi connectivity index (χ0v) is 11.3. The molecule has 1 aromatic carbocycles. The van der Waals surface area contributed by atoms with Crippen LogP contribution in [0.1, 0.15) is 25.1 Å². The standard InChI is InChI=1S/C15H17NO3/c1-4-18-14(17)13-15(3,19-13)12-9(2)16-11-8-6-5-7-10(11)12/h5-8,13,16H,4H2,1-3H3. The summed E-state index contributed by atoms with van der Waals surface area (Å²) in [4.78, 5) is 15.1. The third kappa shape index (κ3) is 1.75. The number of hydrogen-bond donors (Lipinski definition) is 1. The number of ether oxygens (including phenoxy) is 2. The zero-order chi connectivity index (χ0) is 13.6. The lowest BCUT2D eigenvalue weighted by molar-refractivity contribution is -0.144. The molecule has 0 amide bonds. The van der Waals surface area contributed by atoms with Crippen LogP contribution < -0.4 is 0 Å². The number of aryl methyl sites for hydroxylation is 1. The van der Waals surface area contributed by atoms with E-state index >= 15 is 0 Å². The van der Waals surface area contributed by atoms with Crippen molar-refractivity contribution in [3.63, 3.8) is 0 Å². The van der Waals surface area contributed by atoms with Gasteiger partial charge in [-0.3, -0.25) is 0 Å². The van der Waals surface area contributed by atoms with E-state index in [2.05, 4.69) is 4.98 Å². The highest BCUT2D eigenvalue weighted by molar-refractivity contribution is 5.89. The Hall–Kier alpha value is -1.81. The number of para-hydroxylation sites is 1. The number of aromatic amines is 1. The molecule has 1 saturated heterocycles. The number of hydrogen-bond acceptors (Lipinski definition) is 3. The highest BCUT2D eigenvalue weighted by atomic mass is 16.7. The number of carbonyl (C=O) groups excluding carboxylic acids is 1. The van der Waals surface area contributed by atoms with Crippen LogP contribution >= 0.6 is 0 Å². The zero-order valence-electron chi connectivity index (χ0n) is 11.3. The summed E-state index contributed by atoms with van der Waals surface area (Å²) in [5.74, 6) is -0.283. The molecule has 0 aliphatic carbocycles. The second kappa shape index (κ2) is 4.10. The Labute approximate surface area is 111 Å². The minimum atomic E-state index is -0.573. The predicted molar refractivity (Wildman–Crippen MR) is 71.9 cm³/mol. The van der Waals surface area contributed by atoms with E-state index < -0.39 is 11.7 Å². The molecule has 0 bridgehead atoms. The minimum absolute atomic E-state index is 0.283. The Balaban J connectivity index is 2.02. The van der Waals surface area contributed by atoms with E-state index in [1.807, 2.05) is 38.1 Å². The number of rotatable bonds is 3. The molecule has 2 atom stereocenters. The van der Waals surface area contributed by atoms with E-state index in [1.165, 1.54) is 0 Å². The van der Waals surface area contributed by atoms with Gasteiger partial charge in [-0.2, -0.15) is 0 Å². The lowest BCUT2D eigenvalue weighted by Gasteiger charge is -2.07. The average molecular weight is 259 g/mol. The molecule has 100 valence electrons. The molecule has 2 heterocycles. The maximum atomic E-state index is 11.8. The van der Waals surface area contributed by atoms with Crippen molar-refractivity contribution in [2.45, 2.75) is 32.5 Å². The molecule has 1 fully saturated rings. The van der Waals surface area contributed by atoms with E-state index in [0.29, 0.717) is 6.61 Å². The Bertz CT molecular complexity index is 646. The Morgan fingerprint density at radius 1 is 1.47 bits per heavy atom. The first-order chi connectivity index (χ1) is 9.08. The van der Waals surface area contributed by atoms with Gasteiger partial charge < -0.3 is 14.5 Å². The minimum Gasteiger partial charge on any atom is -0.464 e. The van der Waals surface area contributed by atoms with Crippen LogP contribution in [0.3, 0.4) is 0 Å². The molecule has 1 aliphatic rings. The number of benzene rings is 1. The van der Waals surface area contributed by atoms with Gasteiger partial charge in [-0.05, 0) is 26.8 Å². The van der Waals surface area contributed by atoms with Crippen LogP contribution in [0.2, 0.25) is 0 Å². The number of carbonyl (C=O) groups is 1. The molecule has 4 heteroatoms.